The number of hydrogen-bond donors (Lipinski definition) is 0. The molecule has 2 fully saturated rings. The van der Waals surface area contributed by atoms with E-state index in [1.54, 1.807) is 17.9 Å². The molecule has 2 aliphatic heterocycles. The van der Waals surface area contributed by atoms with Gasteiger partial charge in [0.2, 0.25) is 17.7 Å². The summed E-state index contributed by atoms with van der Waals surface area (Å²) in [5.74, 6) is 0.615. The van der Waals surface area contributed by atoms with Gasteiger partial charge in [-0.3, -0.25) is 19.3 Å². The van der Waals surface area contributed by atoms with Crippen molar-refractivity contribution in [2.45, 2.75) is 45.8 Å². The van der Waals surface area contributed by atoms with Crippen LogP contribution in [-0.4, -0.2) is 102 Å². The molecule has 2 aliphatic rings. The van der Waals surface area contributed by atoms with Crippen LogP contribution in [0.4, 0.5) is 5.69 Å². The number of hydrogen-bond acceptors (Lipinski definition) is 6. The number of piperazine rings is 2. The lowest BCUT2D eigenvalue weighted by Gasteiger charge is -2.39. The largest absolute Gasteiger partial charge is 0.494 e. The Morgan fingerprint density at radius 2 is 1.38 bits per heavy atom. The Morgan fingerprint density at radius 1 is 0.745 bits per heavy atom. The molecule has 0 unspecified atom stereocenters. The fourth-order valence-corrected chi connectivity index (χ4v) is 7.27. The molecule has 2 heterocycles. The van der Waals surface area contributed by atoms with Crippen molar-refractivity contribution in [1.29, 1.82) is 0 Å². The lowest BCUT2D eigenvalue weighted by Crippen LogP contribution is -2.56. The molecule has 0 aliphatic carbocycles. The van der Waals surface area contributed by atoms with Gasteiger partial charge in [0.15, 0.2) is 0 Å². The molecule has 2 saturated heterocycles. The number of carbonyl (C=O) groups is 3. The highest BCUT2D eigenvalue weighted by Gasteiger charge is 2.34. The molecule has 10 heteroatoms. The maximum Gasteiger partial charge on any atom is 0.247 e. The number of benzene rings is 4. The zero-order valence-electron chi connectivity index (χ0n) is 32.0. The fraction of sp³-hybridized carbons (Fsp3) is 0.356. The molecule has 0 spiro atoms. The molecule has 0 radical (unpaired) electrons. The quantitative estimate of drug-likeness (QED) is 0.132. The third-order valence-corrected chi connectivity index (χ3v) is 10.6. The molecule has 9 nitrogen and oxygen atoms in total. The second kappa shape index (κ2) is 19.5. The highest BCUT2D eigenvalue weighted by Crippen LogP contribution is 2.23. The number of rotatable bonds is 14. The first-order chi connectivity index (χ1) is 26.7. The van der Waals surface area contributed by atoms with E-state index < -0.39 is 6.04 Å². The Morgan fingerprint density at radius 3 is 2.02 bits per heavy atom. The number of halogens is 1. The molecule has 3 amide bonds. The summed E-state index contributed by atoms with van der Waals surface area (Å²) in [5, 5.41) is 0.715. The maximum atomic E-state index is 14.7. The highest BCUT2D eigenvalue weighted by molar-refractivity contribution is 6.30. The van der Waals surface area contributed by atoms with Gasteiger partial charge < -0.3 is 24.3 Å². The molecule has 6 rings (SSSR count). The average Bonchev–Trinajstić information content (AvgIpc) is 3.22. The SMILES string of the molecule is CCCOc1ccc(C=CC(=O)N(Cc2ccc(N3CCN(C(C)=O)CC3)cc2)[C@@H](Cc2ccccc2)C(=O)N2CCN(Cc3ccc(Cl)cc3)CC2)cc1. The summed E-state index contributed by atoms with van der Waals surface area (Å²) < 4.78 is 5.75. The smallest absolute Gasteiger partial charge is 0.247 e. The summed E-state index contributed by atoms with van der Waals surface area (Å²) >= 11 is 6.11. The molecule has 288 valence electrons. The minimum absolute atomic E-state index is 0.0471. The van der Waals surface area contributed by atoms with E-state index in [9.17, 15) is 14.4 Å². The molecular weight excluding hydrogens is 710 g/mol. The van der Waals surface area contributed by atoms with Crippen LogP contribution in [0, 0.1) is 0 Å². The van der Waals surface area contributed by atoms with Gasteiger partial charge >= 0.3 is 0 Å². The van der Waals surface area contributed by atoms with Crippen LogP contribution < -0.4 is 9.64 Å². The van der Waals surface area contributed by atoms with E-state index in [2.05, 4.69) is 28.9 Å². The van der Waals surface area contributed by atoms with Gasteiger partial charge in [0.1, 0.15) is 11.8 Å². The van der Waals surface area contributed by atoms with E-state index in [0.717, 1.165) is 67.3 Å². The molecule has 0 bridgehead atoms. The van der Waals surface area contributed by atoms with Crippen molar-refractivity contribution < 1.29 is 19.1 Å². The minimum Gasteiger partial charge on any atom is -0.494 e. The van der Waals surface area contributed by atoms with Crippen LogP contribution in [0.5, 0.6) is 5.75 Å². The van der Waals surface area contributed by atoms with E-state index in [1.165, 1.54) is 5.56 Å². The third-order valence-electron chi connectivity index (χ3n) is 10.4. The lowest BCUT2D eigenvalue weighted by atomic mass is 10.0. The number of ether oxygens (including phenoxy) is 1. The van der Waals surface area contributed by atoms with Gasteiger partial charge in [0, 0.05) is 95.6 Å². The minimum atomic E-state index is -0.716. The second-order valence-electron chi connectivity index (χ2n) is 14.3. The Labute approximate surface area is 330 Å². The van der Waals surface area contributed by atoms with Gasteiger partial charge in [0.05, 0.1) is 6.61 Å². The van der Waals surface area contributed by atoms with E-state index >= 15 is 0 Å². The van der Waals surface area contributed by atoms with Gasteiger partial charge in [-0.05, 0) is 71.1 Å². The lowest BCUT2D eigenvalue weighted by molar-refractivity contribution is -0.145. The van der Waals surface area contributed by atoms with Crippen LogP contribution in [0.2, 0.25) is 5.02 Å². The number of anilines is 1. The molecule has 1 atom stereocenters. The number of nitrogens with zero attached hydrogens (tertiary/aromatic N) is 5. The van der Waals surface area contributed by atoms with Crippen LogP contribution in [0.3, 0.4) is 0 Å². The molecule has 4 aromatic rings. The summed E-state index contributed by atoms with van der Waals surface area (Å²) in [6.07, 6.45) is 4.71. The van der Waals surface area contributed by atoms with E-state index in [0.29, 0.717) is 44.2 Å². The number of carbonyl (C=O) groups excluding carboxylic acids is 3. The molecular formula is C45H52ClN5O4. The second-order valence-corrected chi connectivity index (χ2v) is 14.7. The van der Waals surface area contributed by atoms with E-state index in [1.807, 2.05) is 107 Å². The first-order valence-electron chi connectivity index (χ1n) is 19.4. The Kier molecular flexibility index (Phi) is 14.0. The Bertz CT molecular complexity index is 1870. The van der Waals surface area contributed by atoms with Gasteiger partial charge in [-0.25, -0.2) is 0 Å². The van der Waals surface area contributed by atoms with E-state index in [-0.39, 0.29) is 24.3 Å². The van der Waals surface area contributed by atoms with Crippen molar-refractivity contribution in [2.24, 2.45) is 0 Å². The van der Waals surface area contributed by atoms with Crippen LogP contribution in [0.15, 0.2) is 109 Å². The summed E-state index contributed by atoms with van der Waals surface area (Å²) in [7, 11) is 0. The molecule has 55 heavy (non-hydrogen) atoms. The van der Waals surface area contributed by atoms with Gasteiger partial charge in [0.25, 0.3) is 0 Å². The predicted molar refractivity (Wildman–Crippen MR) is 220 cm³/mol. The van der Waals surface area contributed by atoms with Crippen molar-refractivity contribution in [3.8, 4) is 5.75 Å². The molecule has 0 saturated carbocycles. The fourth-order valence-electron chi connectivity index (χ4n) is 7.14. The summed E-state index contributed by atoms with van der Waals surface area (Å²) in [4.78, 5) is 51.1. The number of amides is 3. The summed E-state index contributed by atoms with van der Waals surface area (Å²) in [6, 6.07) is 33.1. The zero-order chi connectivity index (χ0) is 38.6. The monoisotopic (exact) mass is 761 g/mol. The zero-order valence-corrected chi connectivity index (χ0v) is 32.7. The van der Waals surface area contributed by atoms with Gasteiger partial charge in [-0.2, -0.15) is 0 Å². The topological polar surface area (TPSA) is 76.6 Å². The van der Waals surface area contributed by atoms with Crippen molar-refractivity contribution >= 4 is 41.1 Å². The Hall–Kier alpha value is -5.12. The first-order valence-corrected chi connectivity index (χ1v) is 19.7. The van der Waals surface area contributed by atoms with Crippen LogP contribution in [0.1, 0.15) is 42.5 Å². The van der Waals surface area contributed by atoms with Crippen LogP contribution in [0.25, 0.3) is 6.08 Å². The normalized spacial score (nSPS) is 15.6. The molecule has 0 aromatic heterocycles. The predicted octanol–water partition coefficient (Wildman–Crippen LogP) is 6.80. The summed E-state index contributed by atoms with van der Waals surface area (Å²) in [5.41, 5.74) is 5.05. The van der Waals surface area contributed by atoms with E-state index in [4.69, 9.17) is 16.3 Å². The van der Waals surface area contributed by atoms with Gasteiger partial charge in [-0.1, -0.05) is 85.3 Å². The average molecular weight is 762 g/mol. The Balaban J connectivity index is 1.23. The molecule has 0 N–H and O–H groups in total. The van der Waals surface area contributed by atoms with Crippen molar-refractivity contribution in [1.82, 2.24) is 19.6 Å². The third kappa shape index (κ3) is 11.2. The standard InChI is InChI=1S/C45H52ClN5O4/c1-3-31-55-42-20-13-36(14-21-42)15-22-44(53)51(34-39-11-18-41(19-12-39)49-29-27-48(28-30-49)35(2)52)43(32-37-7-5-4-6-8-37)45(54)50-25-23-47(24-26-50)33-38-9-16-40(46)17-10-38/h4-22,43H,3,23-34H2,1-2H3/t43-/m0/s1. The van der Waals surface area contributed by atoms with Crippen LogP contribution >= 0.6 is 11.6 Å². The first kappa shape index (κ1) is 39.6. The van der Waals surface area contributed by atoms with Crippen molar-refractivity contribution in [3.05, 3.63) is 136 Å². The maximum absolute atomic E-state index is 14.7. The molecule has 4 aromatic carbocycles. The highest BCUT2D eigenvalue weighted by atomic mass is 35.5. The van der Waals surface area contributed by atoms with Gasteiger partial charge in [-0.15, -0.1) is 0 Å². The van der Waals surface area contributed by atoms with Crippen molar-refractivity contribution in [2.75, 3.05) is 63.9 Å². The van der Waals surface area contributed by atoms with Crippen molar-refractivity contribution in [3.63, 3.8) is 0 Å². The summed E-state index contributed by atoms with van der Waals surface area (Å²) in [6.45, 7) is 10.9. The van der Waals surface area contributed by atoms with Crippen LogP contribution in [-0.2, 0) is 33.9 Å².